The van der Waals surface area contributed by atoms with Crippen molar-refractivity contribution in [2.45, 2.75) is 52.6 Å². The van der Waals surface area contributed by atoms with Crippen molar-refractivity contribution in [2.75, 3.05) is 20.3 Å². The van der Waals surface area contributed by atoms with Crippen molar-refractivity contribution in [2.24, 2.45) is 0 Å². The number of nitrogens with zero attached hydrogens (tertiary/aromatic N) is 1. The van der Waals surface area contributed by atoms with E-state index in [0.29, 0.717) is 19.1 Å². The summed E-state index contributed by atoms with van der Waals surface area (Å²) < 4.78 is 7.00. The molecule has 0 unspecified atom stereocenters. The van der Waals surface area contributed by atoms with Gasteiger partial charge in [0.05, 0.1) is 0 Å². The summed E-state index contributed by atoms with van der Waals surface area (Å²) in [5.74, 6) is 0.350. The van der Waals surface area contributed by atoms with Crippen molar-refractivity contribution in [3.8, 4) is 0 Å². The van der Waals surface area contributed by atoms with Gasteiger partial charge in [0.25, 0.3) is 5.56 Å². The van der Waals surface area contributed by atoms with E-state index in [1.807, 2.05) is 10.6 Å². The molecule has 20 heavy (non-hydrogen) atoms. The summed E-state index contributed by atoms with van der Waals surface area (Å²) in [6.45, 7) is 9.36. The SMILES string of the molecule is CCCNCc1ccc(C(C)C)n(CCCOC)c1=O. The molecule has 4 nitrogen and oxygen atoms in total. The Kier molecular flexibility index (Phi) is 7.55. The fourth-order valence-corrected chi connectivity index (χ4v) is 2.27. The van der Waals surface area contributed by atoms with Gasteiger partial charge in [-0.05, 0) is 31.4 Å². The van der Waals surface area contributed by atoms with Crippen LogP contribution in [0.3, 0.4) is 0 Å². The lowest BCUT2D eigenvalue weighted by molar-refractivity contribution is 0.189. The topological polar surface area (TPSA) is 43.3 Å². The minimum absolute atomic E-state index is 0.135. The molecular formula is C16H28N2O2. The lowest BCUT2D eigenvalue weighted by atomic mass is 10.1. The molecular weight excluding hydrogens is 252 g/mol. The highest BCUT2D eigenvalue weighted by atomic mass is 16.5. The second kappa shape index (κ2) is 8.93. The summed E-state index contributed by atoms with van der Waals surface area (Å²) in [7, 11) is 1.69. The van der Waals surface area contributed by atoms with E-state index < -0.39 is 0 Å². The van der Waals surface area contributed by atoms with Gasteiger partial charge in [0, 0.05) is 38.1 Å². The zero-order valence-corrected chi connectivity index (χ0v) is 13.2. The molecule has 0 amide bonds. The first kappa shape index (κ1) is 16.9. The van der Waals surface area contributed by atoms with Gasteiger partial charge in [-0.2, -0.15) is 0 Å². The third-order valence-electron chi connectivity index (χ3n) is 3.35. The fraction of sp³-hybridized carbons (Fsp3) is 0.688. The molecule has 0 radical (unpaired) electrons. The molecule has 1 rings (SSSR count). The highest BCUT2D eigenvalue weighted by Crippen LogP contribution is 2.13. The van der Waals surface area contributed by atoms with Crippen LogP contribution in [0.4, 0.5) is 0 Å². The maximum absolute atomic E-state index is 12.6. The summed E-state index contributed by atoms with van der Waals surface area (Å²) in [5.41, 5.74) is 2.08. The maximum Gasteiger partial charge on any atom is 0.255 e. The minimum Gasteiger partial charge on any atom is -0.385 e. The summed E-state index contributed by atoms with van der Waals surface area (Å²) in [6.07, 6.45) is 1.94. The van der Waals surface area contributed by atoms with Gasteiger partial charge >= 0.3 is 0 Å². The van der Waals surface area contributed by atoms with Crippen molar-refractivity contribution in [1.29, 1.82) is 0 Å². The van der Waals surface area contributed by atoms with Gasteiger partial charge in [0.1, 0.15) is 0 Å². The monoisotopic (exact) mass is 280 g/mol. The molecule has 0 spiro atoms. The van der Waals surface area contributed by atoms with Crippen LogP contribution in [-0.2, 0) is 17.8 Å². The number of rotatable bonds is 9. The third kappa shape index (κ3) is 4.76. The predicted molar refractivity (Wildman–Crippen MR) is 83.3 cm³/mol. The van der Waals surface area contributed by atoms with E-state index in [1.165, 1.54) is 0 Å². The zero-order valence-electron chi connectivity index (χ0n) is 13.2. The number of aromatic nitrogens is 1. The molecule has 4 heteroatoms. The summed E-state index contributed by atoms with van der Waals surface area (Å²) in [6, 6.07) is 4.05. The van der Waals surface area contributed by atoms with Crippen LogP contribution in [-0.4, -0.2) is 24.8 Å². The first-order valence-corrected chi connectivity index (χ1v) is 7.54. The fourth-order valence-electron chi connectivity index (χ4n) is 2.27. The number of ether oxygens (including phenoxy) is 1. The quantitative estimate of drug-likeness (QED) is 0.707. The highest BCUT2D eigenvalue weighted by molar-refractivity contribution is 5.18. The van der Waals surface area contributed by atoms with Crippen molar-refractivity contribution in [3.63, 3.8) is 0 Å². The summed E-state index contributed by atoms with van der Waals surface area (Å²) in [5, 5.41) is 3.30. The van der Waals surface area contributed by atoms with Crippen molar-refractivity contribution in [3.05, 3.63) is 33.7 Å². The standard InChI is InChI=1S/C16H28N2O2/c1-5-9-17-12-14-7-8-15(13(2)3)18(16(14)19)10-6-11-20-4/h7-8,13,17H,5-6,9-12H2,1-4H3. The van der Waals surface area contributed by atoms with Crippen LogP contribution >= 0.6 is 0 Å². The van der Waals surface area contributed by atoms with E-state index in [2.05, 4.69) is 32.2 Å². The van der Waals surface area contributed by atoms with E-state index >= 15 is 0 Å². The van der Waals surface area contributed by atoms with Crippen molar-refractivity contribution < 1.29 is 4.74 Å². The normalized spacial score (nSPS) is 11.2. The van der Waals surface area contributed by atoms with Crippen LogP contribution in [0.5, 0.6) is 0 Å². The molecule has 0 aliphatic carbocycles. The Balaban J connectivity index is 2.94. The Morgan fingerprint density at radius 2 is 2.10 bits per heavy atom. The van der Waals surface area contributed by atoms with Gasteiger partial charge in [-0.1, -0.05) is 26.8 Å². The number of hydrogen-bond donors (Lipinski definition) is 1. The van der Waals surface area contributed by atoms with Crippen molar-refractivity contribution in [1.82, 2.24) is 9.88 Å². The molecule has 1 N–H and O–H groups in total. The molecule has 1 heterocycles. The first-order chi connectivity index (χ1) is 9.61. The molecule has 0 atom stereocenters. The van der Waals surface area contributed by atoms with Crippen LogP contribution < -0.4 is 10.9 Å². The van der Waals surface area contributed by atoms with Crippen LogP contribution in [0.1, 0.15) is 50.8 Å². The molecule has 0 saturated carbocycles. The average Bonchev–Trinajstić information content (AvgIpc) is 2.42. The Morgan fingerprint density at radius 3 is 2.70 bits per heavy atom. The summed E-state index contributed by atoms with van der Waals surface area (Å²) in [4.78, 5) is 12.6. The molecule has 0 aliphatic rings. The lowest BCUT2D eigenvalue weighted by Crippen LogP contribution is -2.30. The van der Waals surface area contributed by atoms with Crippen LogP contribution in [0, 0.1) is 0 Å². The van der Waals surface area contributed by atoms with Gasteiger partial charge in [-0.15, -0.1) is 0 Å². The molecule has 0 saturated heterocycles. The largest absolute Gasteiger partial charge is 0.385 e. The number of pyridine rings is 1. The molecule has 1 aromatic rings. The maximum atomic E-state index is 12.6. The second-order valence-electron chi connectivity index (χ2n) is 5.42. The third-order valence-corrected chi connectivity index (χ3v) is 3.35. The number of hydrogen-bond acceptors (Lipinski definition) is 3. The van der Waals surface area contributed by atoms with E-state index in [9.17, 15) is 4.79 Å². The van der Waals surface area contributed by atoms with Gasteiger partial charge in [-0.3, -0.25) is 4.79 Å². The molecule has 114 valence electrons. The molecule has 0 fully saturated rings. The van der Waals surface area contributed by atoms with E-state index in [1.54, 1.807) is 7.11 Å². The summed E-state index contributed by atoms with van der Waals surface area (Å²) >= 11 is 0. The molecule has 0 aliphatic heterocycles. The van der Waals surface area contributed by atoms with Crippen molar-refractivity contribution >= 4 is 0 Å². The molecule has 1 aromatic heterocycles. The minimum atomic E-state index is 0.135. The Bertz CT molecular complexity index is 452. The van der Waals surface area contributed by atoms with Gasteiger partial charge < -0.3 is 14.6 Å². The highest BCUT2D eigenvalue weighted by Gasteiger charge is 2.11. The molecule has 0 bridgehead atoms. The van der Waals surface area contributed by atoms with E-state index in [0.717, 1.165) is 37.2 Å². The molecule has 0 aromatic carbocycles. The zero-order chi connectivity index (χ0) is 15.0. The average molecular weight is 280 g/mol. The van der Waals surface area contributed by atoms with E-state index in [4.69, 9.17) is 4.74 Å². The Labute approximate surface area is 122 Å². The first-order valence-electron chi connectivity index (χ1n) is 7.54. The smallest absolute Gasteiger partial charge is 0.255 e. The van der Waals surface area contributed by atoms with Gasteiger partial charge in [0.2, 0.25) is 0 Å². The number of methoxy groups -OCH3 is 1. The Hall–Kier alpha value is -1.13. The number of nitrogens with one attached hydrogen (secondary N) is 1. The van der Waals surface area contributed by atoms with E-state index in [-0.39, 0.29) is 5.56 Å². The lowest BCUT2D eigenvalue weighted by Gasteiger charge is -2.17. The van der Waals surface area contributed by atoms with Gasteiger partial charge in [-0.25, -0.2) is 0 Å². The Morgan fingerprint density at radius 1 is 1.35 bits per heavy atom. The van der Waals surface area contributed by atoms with Gasteiger partial charge in [0.15, 0.2) is 0 Å². The second-order valence-corrected chi connectivity index (χ2v) is 5.42. The predicted octanol–water partition coefficient (Wildman–Crippen LogP) is 2.51. The van der Waals surface area contributed by atoms with Crippen LogP contribution in [0.15, 0.2) is 16.9 Å². The van der Waals surface area contributed by atoms with Crippen LogP contribution in [0.25, 0.3) is 0 Å². The van der Waals surface area contributed by atoms with Crippen LogP contribution in [0.2, 0.25) is 0 Å².